The maximum absolute atomic E-state index is 11.9. The Kier molecular flexibility index (Phi) is 8.84. The fourth-order valence-corrected chi connectivity index (χ4v) is 2.07. The minimum absolute atomic E-state index is 0.177. The van der Waals surface area contributed by atoms with Gasteiger partial charge in [-0.05, 0) is 26.3 Å². The zero-order valence-corrected chi connectivity index (χ0v) is 16.7. The smallest absolute Gasteiger partial charge is 0.306 e. The Bertz CT molecular complexity index is 557. The van der Waals surface area contributed by atoms with Crippen LogP contribution in [-0.2, 0) is 25.6 Å². The highest BCUT2D eigenvalue weighted by molar-refractivity contribution is 5.70. The van der Waals surface area contributed by atoms with E-state index in [-0.39, 0.29) is 24.6 Å². The van der Waals surface area contributed by atoms with Crippen molar-refractivity contribution in [3.05, 3.63) is 35.9 Å². The molecule has 27 heavy (non-hydrogen) atoms. The van der Waals surface area contributed by atoms with E-state index in [1.807, 2.05) is 51.1 Å². The average molecular weight is 383 g/mol. The molecule has 1 heterocycles. The maximum atomic E-state index is 11.9. The summed E-state index contributed by atoms with van der Waals surface area (Å²) in [6, 6.07) is 9.66. The number of ether oxygens (including phenoxy) is 3. The van der Waals surface area contributed by atoms with Gasteiger partial charge in [0.1, 0.15) is 6.61 Å². The van der Waals surface area contributed by atoms with Crippen molar-refractivity contribution >= 4 is 5.97 Å². The minimum atomic E-state index is -0.806. The molecule has 4 N–H and O–H groups in total. The van der Waals surface area contributed by atoms with E-state index in [0.717, 1.165) is 5.56 Å². The Balaban J connectivity index is 0.000000445. The van der Waals surface area contributed by atoms with E-state index in [1.54, 1.807) is 6.92 Å². The fourth-order valence-electron chi connectivity index (χ4n) is 2.07. The number of aliphatic hydroxyl groups excluding tert-OH is 2. The first-order valence-corrected chi connectivity index (χ1v) is 8.99. The predicted octanol–water partition coefficient (Wildman–Crippen LogP) is 1.60. The molecule has 2 rings (SSSR count). The van der Waals surface area contributed by atoms with Crippen LogP contribution in [0.3, 0.4) is 0 Å². The molecule has 0 saturated carbocycles. The topological polar surface area (TPSA) is 111 Å². The third kappa shape index (κ3) is 9.30. The second-order valence-electron chi connectivity index (χ2n) is 8.08. The molecule has 0 radical (unpaired) electrons. The molecule has 1 saturated heterocycles. The highest BCUT2D eigenvalue weighted by Gasteiger charge is 2.38. The van der Waals surface area contributed by atoms with Crippen LogP contribution in [-0.4, -0.2) is 53.9 Å². The molecule has 0 atom stereocenters. The number of carbonyl (C=O) groups excluding carboxylic acids is 1. The monoisotopic (exact) mass is 383 g/mol. The second-order valence-corrected chi connectivity index (χ2v) is 8.08. The number of benzene rings is 1. The Morgan fingerprint density at radius 3 is 2.11 bits per heavy atom. The van der Waals surface area contributed by atoms with Gasteiger partial charge in [0.25, 0.3) is 0 Å². The molecule has 1 aliphatic rings. The minimum Gasteiger partial charge on any atom is -0.461 e. The molecule has 0 amide bonds. The van der Waals surface area contributed by atoms with Crippen LogP contribution in [0.2, 0.25) is 0 Å². The van der Waals surface area contributed by atoms with Crippen molar-refractivity contribution in [3.63, 3.8) is 0 Å². The van der Waals surface area contributed by atoms with Crippen LogP contribution < -0.4 is 5.73 Å². The SMILES string of the molecule is CC(N)(CO)CO.CC1(CC(=O)OCc2ccccc2)COC(C)(C)OC1. The number of esters is 1. The number of hydrogen-bond acceptors (Lipinski definition) is 7. The second kappa shape index (κ2) is 10.1. The summed E-state index contributed by atoms with van der Waals surface area (Å²) in [6.45, 7) is 8.26. The van der Waals surface area contributed by atoms with Gasteiger partial charge in [-0.15, -0.1) is 0 Å². The van der Waals surface area contributed by atoms with E-state index in [0.29, 0.717) is 26.2 Å². The van der Waals surface area contributed by atoms with Gasteiger partial charge in [0.2, 0.25) is 0 Å². The summed E-state index contributed by atoms with van der Waals surface area (Å²) in [6.07, 6.45) is 0.302. The van der Waals surface area contributed by atoms with E-state index in [1.165, 1.54) is 0 Å². The van der Waals surface area contributed by atoms with Gasteiger partial charge in [-0.2, -0.15) is 0 Å². The predicted molar refractivity (Wildman–Crippen MR) is 102 cm³/mol. The molecule has 1 fully saturated rings. The van der Waals surface area contributed by atoms with Gasteiger partial charge in [0, 0.05) is 5.41 Å². The number of carbonyl (C=O) groups is 1. The first-order valence-electron chi connectivity index (χ1n) is 8.99. The molecule has 1 aliphatic heterocycles. The molecule has 7 nitrogen and oxygen atoms in total. The molecule has 0 aromatic heterocycles. The van der Waals surface area contributed by atoms with E-state index < -0.39 is 11.3 Å². The van der Waals surface area contributed by atoms with Crippen LogP contribution in [0.15, 0.2) is 30.3 Å². The largest absolute Gasteiger partial charge is 0.461 e. The standard InChI is InChI=1S/C16H22O4.C4H11NO2/c1-15(2)19-11-16(3,12-20-15)9-14(17)18-10-13-7-5-4-6-8-13;1-4(5,2-6)3-7/h4-8H,9-12H2,1-3H3;6-7H,2-3,5H2,1H3. The molecule has 7 heteroatoms. The van der Waals surface area contributed by atoms with E-state index in [4.69, 9.17) is 30.2 Å². The Morgan fingerprint density at radius 2 is 1.67 bits per heavy atom. The molecular formula is C20H33NO6. The maximum Gasteiger partial charge on any atom is 0.306 e. The van der Waals surface area contributed by atoms with E-state index in [2.05, 4.69) is 0 Å². The normalized spacial score (nSPS) is 18.2. The van der Waals surface area contributed by atoms with Crippen molar-refractivity contribution in [2.24, 2.45) is 11.1 Å². The summed E-state index contributed by atoms with van der Waals surface area (Å²) in [7, 11) is 0. The van der Waals surface area contributed by atoms with Crippen molar-refractivity contribution in [2.75, 3.05) is 26.4 Å². The zero-order valence-electron chi connectivity index (χ0n) is 16.7. The molecule has 1 aromatic rings. The summed E-state index contributed by atoms with van der Waals surface area (Å²) in [5, 5.41) is 16.6. The lowest BCUT2D eigenvalue weighted by Gasteiger charge is -2.40. The van der Waals surface area contributed by atoms with Gasteiger partial charge in [0.05, 0.1) is 38.4 Å². The van der Waals surface area contributed by atoms with Crippen LogP contribution in [0.1, 0.15) is 39.7 Å². The fraction of sp³-hybridized carbons (Fsp3) is 0.650. The molecular weight excluding hydrogens is 350 g/mol. The lowest BCUT2D eigenvalue weighted by Crippen LogP contribution is -2.46. The van der Waals surface area contributed by atoms with Crippen molar-refractivity contribution < 1.29 is 29.2 Å². The molecule has 0 spiro atoms. The first kappa shape index (κ1) is 23.5. The average Bonchev–Trinajstić information content (AvgIpc) is 2.64. The van der Waals surface area contributed by atoms with Crippen molar-refractivity contribution in [1.82, 2.24) is 0 Å². The third-order valence-electron chi connectivity index (χ3n) is 4.07. The van der Waals surface area contributed by atoms with Gasteiger partial charge in [0.15, 0.2) is 5.79 Å². The first-order chi connectivity index (χ1) is 12.5. The van der Waals surface area contributed by atoms with Crippen LogP contribution in [0.25, 0.3) is 0 Å². The van der Waals surface area contributed by atoms with Crippen LogP contribution in [0, 0.1) is 5.41 Å². The Hall–Kier alpha value is -1.51. The summed E-state index contributed by atoms with van der Waals surface area (Å²) in [4.78, 5) is 11.9. The highest BCUT2D eigenvalue weighted by atomic mass is 16.7. The number of nitrogens with two attached hydrogens (primary N) is 1. The van der Waals surface area contributed by atoms with E-state index in [9.17, 15) is 4.79 Å². The van der Waals surface area contributed by atoms with Crippen LogP contribution >= 0.6 is 0 Å². The summed E-state index contributed by atoms with van der Waals surface area (Å²) >= 11 is 0. The van der Waals surface area contributed by atoms with Crippen molar-refractivity contribution in [1.29, 1.82) is 0 Å². The zero-order chi connectivity index (χ0) is 20.6. The van der Waals surface area contributed by atoms with E-state index >= 15 is 0 Å². The quantitative estimate of drug-likeness (QED) is 0.640. The van der Waals surface area contributed by atoms with Gasteiger partial charge < -0.3 is 30.2 Å². The van der Waals surface area contributed by atoms with Crippen molar-refractivity contribution in [2.45, 2.75) is 52.0 Å². The molecule has 0 bridgehead atoms. The summed E-state index contributed by atoms with van der Waals surface area (Å²) < 4.78 is 16.5. The molecule has 0 unspecified atom stereocenters. The van der Waals surface area contributed by atoms with Gasteiger partial charge in [-0.3, -0.25) is 4.79 Å². The molecule has 0 aliphatic carbocycles. The van der Waals surface area contributed by atoms with Crippen LogP contribution in [0.5, 0.6) is 0 Å². The number of aliphatic hydroxyl groups is 2. The summed E-state index contributed by atoms with van der Waals surface area (Å²) in [5.41, 5.74) is 5.08. The van der Waals surface area contributed by atoms with Crippen LogP contribution in [0.4, 0.5) is 0 Å². The number of rotatable bonds is 6. The Labute approximate surface area is 161 Å². The summed E-state index contributed by atoms with van der Waals surface area (Å²) in [5.74, 6) is -0.781. The van der Waals surface area contributed by atoms with Crippen molar-refractivity contribution in [3.8, 4) is 0 Å². The lowest BCUT2D eigenvalue weighted by molar-refractivity contribution is -0.283. The number of hydrogen-bond donors (Lipinski definition) is 3. The highest BCUT2D eigenvalue weighted by Crippen LogP contribution is 2.32. The lowest BCUT2D eigenvalue weighted by atomic mass is 9.88. The Morgan fingerprint density at radius 1 is 1.15 bits per heavy atom. The van der Waals surface area contributed by atoms with Gasteiger partial charge >= 0.3 is 5.97 Å². The molecule has 1 aromatic carbocycles. The molecule has 154 valence electrons. The third-order valence-corrected chi connectivity index (χ3v) is 4.07. The van der Waals surface area contributed by atoms with Gasteiger partial charge in [-0.1, -0.05) is 37.3 Å². The van der Waals surface area contributed by atoms with Gasteiger partial charge in [-0.25, -0.2) is 0 Å².